The highest BCUT2D eigenvalue weighted by Crippen LogP contribution is 2.60. The van der Waals surface area contributed by atoms with Gasteiger partial charge in [0.25, 0.3) is 5.91 Å². The van der Waals surface area contributed by atoms with E-state index in [0.717, 1.165) is 29.2 Å². The molecule has 1 amide bonds. The lowest BCUT2D eigenvalue weighted by molar-refractivity contribution is -0.110. The number of carbonyl (C=O) groups is 1. The van der Waals surface area contributed by atoms with Crippen LogP contribution in [0.5, 0.6) is 0 Å². The molecule has 1 aliphatic heterocycles. The fourth-order valence-corrected chi connectivity index (χ4v) is 6.17. The quantitative estimate of drug-likeness (QED) is 0.499. The Kier molecular flexibility index (Phi) is 4.13. The monoisotopic (exact) mass is 349 g/mol. The van der Waals surface area contributed by atoms with E-state index in [0.29, 0.717) is 16.7 Å². The molecule has 138 valence electrons. The van der Waals surface area contributed by atoms with E-state index in [1.54, 1.807) is 0 Å². The third-order valence-corrected chi connectivity index (χ3v) is 7.56. The van der Waals surface area contributed by atoms with E-state index in [-0.39, 0.29) is 5.91 Å². The first-order valence-corrected chi connectivity index (χ1v) is 10.1. The van der Waals surface area contributed by atoms with Crippen LogP contribution in [0.3, 0.4) is 0 Å². The number of fused-ring (bicyclic) bond motifs is 2. The molecule has 3 aliphatic rings. The fraction of sp³-hybridized carbons (Fsp3) is 0.542. The first-order chi connectivity index (χ1) is 12.3. The zero-order chi connectivity index (χ0) is 18.5. The highest BCUT2D eigenvalue weighted by atomic mass is 16.2. The molecule has 0 bridgehead atoms. The van der Waals surface area contributed by atoms with Crippen molar-refractivity contribution in [3.8, 4) is 0 Å². The van der Waals surface area contributed by atoms with Crippen molar-refractivity contribution < 1.29 is 4.79 Å². The molecule has 1 saturated carbocycles. The summed E-state index contributed by atoms with van der Waals surface area (Å²) in [5, 5.41) is 3.00. The molecular weight excluding hydrogens is 318 g/mol. The summed E-state index contributed by atoms with van der Waals surface area (Å²) in [6, 6.07) is 8.03. The van der Waals surface area contributed by atoms with Crippen LogP contribution in [-0.2, 0) is 4.79 Å². The van der Waals surface area contributed by atoms with Crippen LogP contribution in [0.25, 0.3) is 5.57 Å². The number of rotatable bonds is 2. The molecule has 1 N–H and O–H groups in total. The third-order valence-electron chi connectivity index (χ3n) is 7.56. The van der Waals surface area contributed by atoms with Gasteiger partial charge in [-0.25, -0.2) is 0 Å². The van der Waals surface area contributed by atoms with E-state index in [4.69, 9.17) is 0 Å². The molecule has 0 spiro atoms. The Morgan fingerprint density at radius 3 is 2.77 bits per heavy atom. The molecular formula is C24H31NO. The first-order valence-electron chi connectivity index (χ1n) is 10.1. The molecule has 0 aromatic heterocycles. The second-order valence-corrected chi connectivity index (χ2v) is 9.49. The summed E-state index contributed by atoms with van der Waals surface area (Å²) < 4.78 is 0. The van der Waals surface area contributed by atoms with Gasteiger partial charge >= 0.3 is 0 Å². The Morgan fingerprint density at radius 2 is 1.96 bits per heavy atom. The van der Waals surface area contributed by atoms with Crippen molar-refractivity contribution in [2.24, 2.45) is 22.7 Å². The molecule has 2 aliphatic carbocycles. The highest BCUT2D eigenvalue weighted by Gasteiger charge is 2.51. The molecule has 2 nitrogen and oxygen atoms in total. The van der Waals surface area contributed by atoms with E-state index in [1.165, 1.54) is 31.3 Å². The smallest absolute Gasteiger partial charge is 0.256 e. The maximum Gasteiger partial charge on any atom is 0.256 e. The lowest BCUT2D eigenvalue weighted by Gasteiger charge is -2.56. The second-order valence-electron chi connectivity index (χ2n) is 9.49. The van der Waals surface area contributed by atoms with E-state index in [1.807, 2.05) is 18.2 Å². The van der Waals surface area contributed by atoms with Crippen LogP contribution < -0.4 is 5.32 Å². The van der Waals surface area contributed by atoms with Crippen LogP contribution in [0.15, 0.2) is 42.0 Å². The molecule has 1 fully saturated rings. The van der Waals surface area contributed by atoms with Gasteiger partial charge < -0.3 is 5.32 Å². The lowest BCUT2D eigenvalue weighted by Crippen LogP contribution is -2.48. The Labute approximate surface area is 157 Å². The molecule has 3 atom stereocenters. The van der Waals surface area contributed by atoms with Crippen LogP contribution in [-0.4, -0.2) is 5.91 Å². The molecule has 4 rings (SSSR count). The number of nitrogens with one attached hydrogen (secondary N) is 1. The average Bonchev–Trinajstić information content (AvgIpc) is 2.89. The summed E-state index contributed by atoms with van der Waals surface area (Å²) in [6.45, 7) is 9.73. The Hall–Kier alpha value is -1.83. The first kappa shape index (κ1) is 17.6. The maximum atomic E-state index is 12.5. The number of hydrogen-bond acceptors (Lipinski definition) is 1. The average molecular weight is 350 g/mol. The molecule has 0 radical (unpaired) electrons. The molecule has 1 aromatic carbocycles. The SMILES string of the molecule is CC1=CC[C@H]2C(C)(C)CCC[C@]2(C)[C@H]1C/C=C1\C(=O)Nc2ccccc21. The van der Waals surface area contributed by atoms with Gasteiger partial charge in [-0.05, 0) is 61.3 Å². The van der Waals surface area contributed by atoms with E-state index in [9.17, 15) is 4.79 Å². The number of amides is 1. The van der Waals surface area contributed by atoms with Gasteiger partial charge in [-0.1, -0.05) is 63.1 Å². The predicted molar refractivity (Wildman–Crippen MR) is 109 cm³/mol. The van der Waals surface area contributed by atoms with Gasteiger partial charge in [-0.3, -0.25) is 4.79 Å². The van der Waals surface area contributed by atoms with Gasteiger partial charge in [0, 0.05) is 16.8 Å². The van der Waals surface area contributed by atoms with E-state index < -0.39 is 0 Å². The van der Waals surface area contributed by atoms with E-state index >= 15 is 0 Å². The number of benzene rings is 1. The number of para-hydroxylation sites is 1. The second kappa shape index (κ2) is 6.11. The Balaban J connectivity index is 1.66. The minimum atomic E-state index is 0.0503. The number of allylic oxidation sites excluding steroid dienone is 3. The van der Waals surface area contributed by atoms with Gasteiger partial charge in [-0.2, -0.15) is 0 Å². The fourth-order valence-electron chi connectivity index (χ4n) is 6.17. The standard InChI is InChI=1S/C24H31NO/c1-16-10-13-21-23(2,3)14-7-15-24(21,4)19(16)12-11-18-17-8-5-6-9-20(17)25-22(18)26/h5-6,8-11,19,21H,7,12-15H2,1-4H3,(H,25,26)/b18-11-/t19-,21-,24+/m0/s1. The highest BCUT2D eigenvalue weighted by molar-refractivity contribution is 6.31. The van der Waals surface area contributed by atoms with Gasteiger partial charge in [0.2, 0.25) is 0 Å². The summed E-state index contributed by atoms with van der Waals surface area (Å²) in [6.07, 6.45) is 10.8. The minimum Gasteiger partial charge on any atom is -0.321 e. The maximum absolute atomic E-state index is 12.5. The predicted octanol–water partition coefficient (Wildman–Crippen LogP) is 6.21. The summed E-state index contributed by atoms with van der Waals surface area (Å²) in [5.74, 6) is 1.32. The summed E-state index contributed by atoms with van der Waals surface area (Å²) in [5.41, 5.74) is 5.13. The largest absolute Gasteiger partial charge is 0.321 e. The zero-order valence-corrected chi connectivity index (χ0v) is 16.6. The van der Waals surface area contributed by atoms with Crippen LogP contribution in [0.2, 0.25) is 0 Å². The van der Waals surface area contributed by atoms with Crippen molar-refractivity contribution in [2.45, 2.75) is 59.8 Å². The van der Waals surface area contributed by atoms with E-state index in [2.05, 4.69) is 51.2 Å². The topological polar surface area (TPSA) is 29.1 Å². The van der Waals surface area contributed by atoms with Gasteiger partial charge in [-0.15, -0.1) is 0 Å². The molecule has 26 heavy (non-hydrogen) atoms. The van der Waals surface area contributed by atoms with Crippen LogP contribution in [0.4, 0.5) is 5.69 Å². The minimum absolute atomic E-state index is 0.0503. The lowest BCUT2D eigenvalue weighted by atomic mass is 9.48. The summed E-state index contributed by atoms with van der Waals surface area (Å²) in [4.78, 5) is 12.5. The zero-order valence-electron chi connectivity index (χ0n) is 16.6. The Morgan fingerprint density at radius 1 is 1.19 bits per heavy atom. The van der Waals surface area contributed by atoms with Crippen molar-refractivity contribution in [1.82, 2.24) is 0 Å². The normalized spacial score (nSPS) is 34.1. The van der Waals surface area contributed by atoms with Crippen LogP contribution in [0, 0.1) is 22.7 Å². The van der Waals surface area contributed by atoms with Gasteiger partial charge in [0.1, 0.15) is 0 Å². The van der Waals surface area contributed by atoms with Gasteiger partial charge in [0.05, 0.1) is 0 Å². The third kappa shape index (κ3) is 2.66. The molecule has 0 unspecified atom stereocenters. The molecule has 1 aromatic rings. The molecule has 1 heterocycles. The van der Waals surface area contributed by atoms with Crippen molar-refractivity contribution in [3.63, 3.8) is 0 Å². The molecule has 2 heteroatoms. The number of anilines is 1. The molecule has 0 saturated heterocycles. The van der Waals surface area contributed by atoms with Crippen molar-refractivity contribution in [3.05, 3.63) is 47.6 Å². The van der Waals surface area contributed by atoms with Crippen LogP contribution in [0.1, 0.15) is 65.4 Å². The van der Waals surface area contributed by atoms with Gasteiger partial charge in [0.15, 0.2) is 0 Å². The van der Waals surface area contributed by atoms with Crippen LogP contribution >= 0.6 is 0 Å². The summed E-state index contributed by atoms with van der Waals surface area (Å²) >= 11 is 0. The van der Waals surface area contributed by atoms with Crippen molar-refractivity contribution in [2.75, 3.05) is 5.32 Å². The Bertz CT molecular complexity index is 800. The van der Waals surface area contributed by atoms with Crippen molar-refractivity contribution in [1.29, 1.82) is 0 Å². The number of hydrogen-bond donors (Lipinski definition) is 1. The van der Waals surface area contributed by atoms with Crippen molar-refractivity contribution >= 4 is 17.2 Å². The summed E-state index contributed by atoms with van der Waals surface area (Å²) in [7, 11) is 0. The number of carbonyl (C=O) groups excluding carboxylic acids is 1.